The van der Waals surface area contributed by atoms with E-state index in [1.807, 2.05) is 36.9 Å². The lowest BCUT2D eigenvalue weighted by atomic mass is 10.2. The zero-order chi connectivity index (χ0) is 9.14. The van der Waals surface area contributed by atoms with Crippen LogP contribution in [0.3, 0.4) is 0 Å². The Balaban J connectivity index is 2.71. The number of nitrogens with one attached hydrogen (secondary N) is 1. The smallest absolute Gasteiger partial charge is 0.217 e. The first-order chi connectivity index (χ1) is 5.61. The molecule has 0 bridgehead atoms. The molecule has 1 amide bonds. The van der Waals surface area contributed by atoms with Crippen LogP contribution >= 0.6 is 0 Å². The van der Waals surface area contributed by atoms with Gasteiger partial charge in [0.2, 0.25) is 5.91 Å². The van der Waals surface area contributed by atoms with E-state index >= 15 is 0 Å². The molecule has 0 aliphatic heterocycles. The highest BCUT2D eigenvalue weighted by atomic mass is 16.1. The monoisotopic (exact) mass is 166 g/mol. The van der Waals surface area contributed by atoms with Crippen molar-refractivity contribution in [2.45, 2.75) is 19.9 Å². The normalized spacial score (nSPS) is 12.6. The van der Waals surface area contributed by atoms with Gasteiger partial charge >= 0.3 is 0 Å². The van der Waals surface area contributed by atoms with Crippen molar-refractivity contribution in [1.29, 1.82) is 0 Å². The minimum absolute atomic E-state index is 0.00343. The molecule has 0 spiro atoms. The van der Waals surface area contributed by atoms with Gasteiger partial charge in [0.1, 0.15) is 0 Å². The number of carbonyl (C=O) groups excluding carboxylic acids is 1. The molecule has 1 N–H and O–H groups in total. The fourth-order valence-corrected chi connectivity index (χ4v) is 1.30. The van der Waals surface area contributed by atoms with Gasteiger partial charge in [-0.1, -0.05) is 0 Å². The molecule has 0 radical (unpaired) electrons. The first-order valence-electron chi connectivity index (χ1n) is 3.99. The number of nitrogens with zero attached hydrogens (tertiary/aromatic N) is 1. The van der Waals surface area contributed by atoms with Gasteiger partial charge in [-0.15, -0.1) is 0 Å². The second-order valence-electron chi connectivity index (χ2n) is 2.97. The molecule has 3 heteroatoms. The van der Waals surface area contributed by atoms with Crippen LogP contribution in [0.25, 0.3) is 0 Å². The molecule has 0 fully saturated rings. The molecule has 1 heterocycles. The standard InChI is InChI=1S/C9H14N2O/c1-7(10-8(2)12)9-5-4-6-11(9)3/h4-7H,1-3H3,(H,10,12). The second kappa shape index (κ2) is 3.43. The fraction of sp³-hybridized carbons (Fsp3) is 0.444. The highest BCUT2D eigenvalue weighted by Gasteiger charge is 2.07. The van der Waals surface area contributed by atoms with Crippen LogP contribution in [0.2, 0.25) is 0 Å². The molecule has 0 aliphatic rings. The number of aromatic nitrogens is 1. The molecule has 1 rings (SSSR count). The minimum atomic E-state index is 0.00343. The Labute approximate surface area is 72.4 Å². The maximum atomic E-state index is 10.7. The Bertz CT molecular complexity index is 278. The summed E-state index contributed by atoms with van der Waals surface area (Å²) in [5, 5.41) is 2.83. The van der Waals surface area contributed by atoms with Crippen molar-refractivity contribution >= 4 is 5.91 Å². The van der Waals surface area contributed by atoms with Crippen LogP contribution in [0.1, 0.15) is 25.6 Å². The van der Waals surface area contributed by atoms with Crippen LogP contribution in [0, 0.1) is 0 Å². The van der Waals surface area contributed by atoms with Gasteiger partial charge in [0.15, 0.2) is 0 Å². The van der Waals surface area contributed by atoms with Crippen molar-refractivity contribution in [3.8, 4) is 0 Å². The lowest BCUT2D eigenvalue weighted by Gasteiger charge is -2.13. The molecule has 12 heavy (non-hydrogen) atoms. The average Bonchev–Trinajstić information content (AvgIpc) is 2.33. The summed E-state index contributed by atoms with van der Waals surface area (Å²) < 4.78 is 2.00. The van der Waals surface area contributed by atoms with E-state index in [4.69, 9.17) is 0 Å². The van der Waals surface area contributed by atoms with E-state index in [0.29, 0.717) is 0 Å². The van der Waals surface area contributed by atoms with Gasteiger partial charge in [-0.3, -0.25) is 4.79 Å². The summed E-state index contributed by atoms with van der Waals surface area (Å²) in [6, 6.07) is 4.05. The third kappa shape index (κ3) is 1.87. The van der Waals surface area contributed by atoms with E-state index in [9.17, 15) is 4.79 Å². The summed E-state index contributed by atoms with van der Waals surface area (Å²) in [4.78, 5) is 10.7. The molecule has 1 aromatic heterocycles. The third-order valence-electron chi connectivity index (χ3n) is 1.85. The van der Waals surface area contributed by atoms with E-state index in [1.165, 1.54) is 6.92 Å². The predicted molar refractivity (Wildman–Crippen MR) is 47.6 cm³/mol. The number of rotatable bonds is 2. The van der Waals surface area contributed by atoms with Crippen LogP contribution in [0.15, 0.2) is 18.3 Å². The van der Waals surface area contributed by atoms with Crippen molar-refractivity contribution in [2.24, 2.45) is 7.05 Å². The topological polar surface area (TPSA) is 34.0 Å². The Hall–Kier alpha value is -1.25. The summed E-state index contributed by atoms with van der Waals surface area (Å²) >= 11 is 0. The van der Waals surface area contributed by atoms with Gasteiger partial charge in [0, 0.05) is 25.9 Å². The van der Waals surface area contributed by atoms with Gasteiger partial charge in [-0.2, -0.15) is 0 Å². The lowest BCUT2D eigenvalue weighted by molar-refractivity contribution is -0.119. The van der Waals surface area contributed by atoms with Crippen molar-refractivity contribution in [2.75, 3.05) is 0 Å². The molecule has 1 aromatic rings. The predicted octanol–water partition coefficient (Wildman–Crippen LogP) is 1.22. The molecule has 3 nitrogen and oxygen atoms in total. The molecule has 1 unspecified atom stereocenters. The summed E-state index contributed by atoms with van der Waals surface area (Å²) in [7, 11) is 1.97. The summed E-state index contributed by atoms with van der Waals surface area (Å²) in [6.07, 6.45) is 1.97. The van der Waals surface area contributed by atoms with Crippen LogP contribution in [-0.2, 0) is 11.8 Å². The molecule has 0 saturated carbocycles. The number of aryl methyl sites for hydroxylation is 1. The minimum Gasteiger partial charge on any atom is -0.353 e. The molecule has 0 aliphatic carbocycles. The van der Waals surface area contributed by atoms with Crippen LogP contribution in [-0.4, -0.2) is 10.5 Å². The van der Waals surface area contributed by atoms with Crippen LogP contribution in [0.4, 0.5) is 0 Å². The van der Waals surface area contributed by atoms with Gasteiger partial charge in [0.05, 0.1) is 6.04 Å². The van der Waals surface area contributed by atoms with E-state index in [2.05, 4.69) is 5.32 Å². The third-order valence-corrected chi connectivity index (χ3v) is 1.85. The zero-order valence-electron chi connectivity index (χ0n) is 7.66. The van der Waals surface area contributed by atoms with Crippen molar-refractivity contribution in [1.82, 2.24) is 9.88 Å². The van der Waals surface area contributed by atoms with E-state index in [-0.39, 0.29) is 11.9 Å². The summed E-state index contributed by atoms with van der Waals surface area (Å²) in [6.45, 7) is 3.50. The number of hydrogen-bond acceptors (Lipinski definition) is 1. The van der Waals surface area contributed by atoms with Crippen LogP contribution < -0.4 is 5.32 Å². The average molecular weight is 166 g/mol. The van der Waals surface area contributed by atoms with E-state index < -0.39 is 0 Å². The van der Waals surface area contributed by atoms with E-state index in [0.717, 1.165) is 5.69 Å². The molecular formula is C9H14N2O. The van der Waals surface area contributed by atoms with Gasteiger partial charge in [0.25, 0.3) is 0 Å². The Morgan fingerprint density at radius 1 is 1.67 bits per heavy atom. The highest BCUT2D eigenvalue weighted by molar-refractivity contribution is 5.73. The summed E-state index contributed by atoms with van der Waals surface area (Å²) in [5.74, 6) is 0.00343. The summed E-state index contributed by atoms with van der Waals surface area (Å²) in [5.41, 5.74) is 1.12. The lowest BCUT2D eigenvalue weighted by Crippen LogP contribution is -2.24. The highest BCUT2D eigenvalue weighted by Crippen LogP contribution is 2.10. The number of hydrogen-bond donors (Lipinski definition) is 1. The first kappa shape index (κ1) is 8.84. The zero-order valence-corrected chi connectivity index (χ0v) is 7.66. The SMILES string of the molecule is CC(=O)NC(C)c1cccn1C. The molecule has 66 valence electrons. The Morgan fingerprint density at radius 2 is 2.33 bits per heavy atom. The Morgan fingerprint density at radius 3 is 2.75 bits per heavy atom. The van der Waals surface area contributed by atoms with Crippen molar-refractivity contribution in [3.05, 3.63) is 24.0 Å². The largest absolute Gasteiger partial charge is 0.353 e. The molecule has 1 atom stereocenters. The van der Waals surface area contributed by atoms with E-state index in [1.54, 1.807) is 0 Å². The molecule has 0 saturated heterocycles. The molecule has 0 aromatic carbocycles. The molecular weight excluding hydrogens is 152 g/mol. The maximum absolute atomic E-state index is 10.7. The second-order valence-corrected chi connectivity index (χ2v) is 2.97. The number of carbonyl (C=O) groups is 1. The number of amides is 1. The quantitative estimate of drug-likeness (QED) is 0.704. The van der Waals surface area contributed by atoms with Gasteiger partial charge < -0.3 is 9.88 Å². The van der Waals surface area contributed by atoms with Gasteiger partial charge in [-0.05, 0) is 19.1 Å². The van der Waals surface area contributed by atoms with Crippen molar-refractivity contribution < 1.29 is 4.79 Å². The van der Waals surface area contributed by atoms with Gasteiger partial charge in [-0.25, -0.2) is 0 Å². The Kier molecular flexibility index (Phi) is 2.53. The van der Waals surface area contributed by atoms with Crippen LogP contribution in [0.5, 0.6) is 0 Å². The maximum Gasteiger partial charge on any atom is 0.217 e. The van der Waals surface area contributed by atoms with Crippen molar-refractivity contribution in [3.63, 3.8) is 0 Å². The fourth-order valence-electron chi connectivity index (χ4n) is 1.30. The first-order valence-corrected chi connectivity index (χ1v) is 3.99.